The second-order valence-electron chi connectivity index (χ2n) is 7.90. The monoisotopic (exact) mass is 433 g/mol. The maximum Gasteiger partial charge on any atom is 0.454 e. The van der Waals surface area contributed by atoms with E-state index in [0.29, 0.717) is 0 Å². The van der Waals surface area contributed by atoms with Gasteiger partial charge in [-0.3, -0.25) is 20.3 Å². The Morgan fingerprint density at radius 2 is 2.00 bits per heavy atom. The Hall–Kier alpha value is -2.11. The molecule has 0 aromatic heterocycles. The number of nitrogens with one attached hydrogen (secondary N) is 2. The Morgan fingerprint density at radius 1 is 1.38 bits per heavy atom. The van der Waals surface area contributed by atoms with Gasteiger partial charge in [0.2, 0.25) is 6.10 Å². The molecule has 12 heteroatoms. The number of amides is 2. The van der Waals surface area contributed by atoms with E-state index < -0.39 is 64.7 Å². The molecule has 29 heavy (non-hydrogen) atoms. The molecule has 0 radical (unpaired) electrons. The number of halogens is 2. The molecule has 160 valence electrons. The predicted molar refractivity (Wildman–Crippen MR) is 97.7 cm³/mol. The molecular weight excluding hydrogens is 411 g/mol. The highest BCUT2D eigenvalue weighted by Crippen LogP contribution is 2.65. The van der Waals surface area contributed by atoms with Crippen molar-refractivity contribution in [1.29, 1.82) is 5.41 Å². The number of esters is 2. The molecule has 3 aliphatic heterocycles. The van der Waals surface area contributed by atoms with Crippen LogP contribution < -0.4 is 5.32 Å². The SMILES string of the molecule is CC(C)C(=O)OC[C@@]1(CCl)O[C@@H]2[C@@](F)([C@@H]1OC(=O)C(C)C)[N+]21N=CC(=N)NC1=O. The molecule has 0 bridgehead atoms. The summed E-state index contributed by atoms with van der Waals surface area (Å²) in [5.41, 5.74) is -1.69. The van der Waals surface area contributed by atoms with Gasteiger partial charge in [-0.25, -0.2) is 4.79 Å². The average molecular weight is 434 g/mol. The van der Waals surface area contributed by atoms with E-state index in [1.165, 1.54) is 0 Å². The van der Waals surface area contributed by atoms with Crippen molar-refractivity contribution in [3.63, 3.8) is 0 Å². The Labute approximate surface area is 171 Å². The van der Waals surface area contributed by atoms with E-state index >= 15 is 4.39 Å². The molecule has 0 aromatic carbocycles. The van der Waals surface area contributed by atoms with Crippen molar-refractivity contribution in [2.75, 3.05) is 12.5 Å². The number of nitrogens with zero attached hydrogens (tertiary/aromatic N) is 2. The van der Waals surface area contributed by atoms with E-state index in [4.69, 9.17) is 31.2 Å². The highest BCUT2D eigenvalue weighted by Gasteiger charge is 3.01. The van der Waals surface area contributed by atoms with Crippen LogP contribution in [0.1, 0.15) is 27.7 Å². The Kier molecular flexibility index (Phi) is 5.21. The molecule has 0 saturated carbocycles. The third kappa shape index (κ3) is 2.94. The summed E-state index contributed by atoms with van der Waals surface area (Å²) in [6.07, 6.45) is -2.15. The van der Waals surface area contributed by atoms with Crippen LogP contribution in [0.15, 0.2) is 5.10 Å². The number of fused-ring (bicyclic) bond motifs is 3. The van der Waals surface area contributed by atoms with Crippen LogP contribution in [0.5, 0.6) is 0 Å². The number of urea groups is 1. The van der Waals surface area contributed by atoms with Crippen LogP contribution in [0.2, 0.25) is 0 Å². The largest absolute Gasteiger partial charge is 0.462 e. The fourth-order valence-electron chi connectivity index (χ4n) is 3.38. The summed E-state index contributed by atoms with van der Waals surface area (Å²) in [6.45, 7) is 5.90. The lowest BCUT2D eigenvalue weighted by Crippen LogP contribution is -2.62. The molecule has 1 unspecified atom stereocenters. The smallest absolute Gasteiger partial charge is 0.454 e. The molecule has 2 N–H and O–H groups in total. The third-order valence-corrected chi connectivity index (χ3v) is 5.57. The average Bonchev–Trinajstić information content (AvgIpc) is 3.05. The fraction of sp³-hybridized carbons (Fsp3) is 0.706. The quantitative estimate of drug-likeness (QED) is 0.213. The zero-order valence-corrected chi connectivity index (χ0v) is 17.2. The maximum atomic E-state index is 16.2. The first-order valence-electron chi connectivity index (χ1n) is 9.10. The number of carbonyl (C=O) groups excluding carboxylic acids is 3. The number of carbonyl (C=O) groups is 3. The number of hydrogen-bond donors (Lipinski definition) is 2. The zero-order chi connectivity index (χ0) is 21.8. The van der Waals surface area contributed by atoms with Gasteiger partial charge in [0.1, 0.15) is 12.8 Å². The number of amidine groups is 1. The number of quaternary nitrogens is 1. The molecule has 2 saturated heterocycles. The first-order chi connectivity index (χ1) is 13.5. The Morgan fingerprint density at radius 3 is 2.52 bits per heavy atom. The second-order valence-corrected chi connectivity index (χ2v) is 8.17. The first-order valence-corrected chi connectivity index (χ1v) is 9.64. The highest BCUT2D eigenvalue weighted by molar-refractivity contribution is 6.31. The molecule has 3 rings (SSSR count). The summed E-state index contributed by atoms with van der Waals surface area (Å²) in [5, 5.41) is 13.5. The summed E-state index contributed by atoms with van der Waals surface area (Å²) in [5.74, 6) is -5.59. The van der Waals surface area contributed by atoms with E-state index in [-0.39, 0.29) is 11.7 Å². The van der Waals surface area contributed by atoms with Gasteiger partial charge >= 0.3 is 30.0 Å². The summed E-state index contributed by atoms with van der Waals surface area (Å²) in [7, 11) is 0. The number of alkyl halides is 2. The second kappa shape index (κ2) is 6.99. The van der Waals surface area contributed by atoms with Crippen LogP contribution in [-0.4, -0.2) is 70.8 Å². The van der Waals surface area contributed by atoms with Crippen LogP contribution in [0.3, 0.4) is 0 Å². The molecule has 5 atom stereocenters. The standard InChI is InChI=1S/C17H22ClFN4O6/c1-8(2)11(24)27-7-16(6-18)13(28-12(25)9(3)4)17(19)14(29-16)23(17)15(26)22-10(20)5-21-23/h5,8-9,13-14H,6-7H2,1-4H3,(H-,20,22,26)/p+1/t13-,14-,16-,17-,23?/m1/s1. The van der Waals surface area contributed by atoms with Gasteiger partial charge in [0.05, 0.1) is 17.7 Å². The molecule has 0 aromatic rings. The lowest BCUT2D eigenvalue weighted by molar-refractivity contribution is -0.805. The van der Waals surface area contributed by atoms with Crippen molar-refractivity contribution < 1.29 is 37.6 Å². The van der Waals surface area contributed by atoms with Gasteiger partial charge in [-0.05, 0) is 4.59 Å². The minimum absolute atomic E-state index is 0.308. The van der Waals surface area contributed by atoms with Crippen molar-refractivity contribution in [1.82, 2.24) is 5.32 Å². The molecular formula is C17H23ClFN4O6+. The normalized spacial score (nSPS) is 37.7. The summed E-state index contributed by atoms with van der Waals surface area (Å²) >= 11 is 6.07. The molecule has 3 heterocycles. The number of rotatable bonds is 6. The predicted octanol–water partition coefficient (Wildman–Crippen LogP) is 1.27. The van der Waals surface area contributed by atoms with Crippen LogP contribution in [0, 0.1) is 17.2 Å². The van der Waals surface area contributed by atoms with Crippen LogP contribution in [0.4, 0.5) is 9.18 Å². The molecule has 0 aliphatic carbocycles. The van der Waals surface area contributed by atoms with Crippen molar-refractivity contribution >= 4 is 41.6 Å². The molecule has 3 aliphatic rings. The van der Waals surface area contributed by atoms with Gasteiger partial charge in [0.25, 0.3) is 0 Å². The van der Waals surface area contributed by atoms with Gasteiger partial charge in [-0.15, -0.1) is 11.6 Å². The Bertz CT molecular complexity index is 807. The topological polar surface area (TPSA) is 127 Å². The van der Waals surface area contributed by atoms with Crippen molar-refractivity contribution in [3.05, 3.63) is 0 Å². The molecule has 2 amide bonds. The van der Waals surface area contributed by atoms with Crippen molar-refractivity contribution in [2.45, 2.75) is 51.4 Å². The van der Waals surface area contributed by atoms with Crippen LogP contribution >= 0.6 is 11.6 Å². The summed E-state index contributed by atoms with van der Waals surface area (Å²) in [4.78, 5) is 36.7. The lowest BCUT2D eigenvalue weighted by Gasteiger charge is -2.35. The van der Waals surface area contributed by atoms with Crippen molar-refractivity contribution in [2.24, 2.45) is 16.9 Å². The van der Waals surface area contributed by atoms with Gasteiger partial charge in [0, 0.05) is 0 Å². The minimum atomic E-state index is -2.58. The van der Waals surface area contributed by atoms with E-state index in [1.807, 2.05) is 0 Å². The molecule has 10 nitrogen and oxygen atoms in total. The van der Waals surface area contributed by atoms with Crippen molar-refractivity contribution in [3.8, 4) is 0 Å². The fourth-order valence-corrected chi connectivity index (χ4v) is 3.66. The summed E-state index contributed by atoms with van der Waals surface area (Å²) in [6, 6.07) is -0.932. The zero-order valence-electron chi connectivity index (χ0n) is 16.4. The summed E-state index contributed by atoms with van der Waals surface area (Å²) < 4.78 is 31.4. The van der Waals surface area contributed by atoms with E-state index in [1.54, 1.807) is 27.7 Å². The van der Waals surface area contributed by atoms with Gasteiger partial charge in [-0.2, -0.15) is 4.39 Å². The van der Waals surface area contributed by atoms with E-state index in [0.717, 1.165) is 6.21 Å². The Balaban J connectivity index is 1.97. The molecule has 1 spiro atoms. The third-order valence-electron chi connectivity index (χ3n) is 5.11. The number of hydrogen-bond acceptors (Lipinski definition) is 8. The van der Waals surface area contributed by atoms with Gasteiger partial charge in [-0.1, -0.05) is 32.8 Å². The van der Waals surface area contributed by atoms with E-state index in [2.05, 4.69) is 10.4 Å². The lowest BCUT2D eigenvalue weighted by atomic mass is 9.97. The van der Waals surface area contributed by atoms with E-state index in [9.17, 15) is 14.4 Å². The first kappa shape index (κ1) is 21.6. The number of ether oxygens (including phenoxy) is 3. The van der Waals surface area contributed by atoms with Gasteiger partial charge in [0.15, 0.2) is 11.4 Å². The van der Waals surface area contributed by atoms with Crippen LogP contribution in [0.25, 0.3) is 0 Å². The molecule has 2 fully saturated rings. The minimum Gasteiger partial charge on any atom is -0.462 e. The highest BCUT2D eigenvalue weighted by atomic mass is 35.5. The van der Waals surface area contributed by atoms with Crippen LogP contribution in [-0.2, 0) is 23.8 Å². The van der Waals surface area contributed by atoms with Gasteiger partial charge < -0.3 is 14.2 Å². The maximum absolute atomic E-state index is 16.2.